The third-order valence-electron chi connectivity index (χ3n) is 2.57. The molecular formula is C9H17NO3. The molecule has 0 spiro atoms. The molecule has 1 amide bonds. The molecule has 0 aromatic heterocycles. The normalized spacial score (nSPS) is 27.1. The van der Waals surface area contributed by atoms with Gasteiger partial charge in [-0.2, -0.15) is 0 Å². The summed E-state index contributed by atoms with van der Waals surface area (Å²) in [4.78, 5) is 11.4. The summed E-state index contributed by atoms with van der Waals surface area (Å²) in [6.07, 6.45) is 0.915. The predicted molar refractivity (Wildman–Crippen MR) is 48.0 cm³/mol. The van der Waals surface area contributed by atoms with Crippen LogP contribution in [0.5, 0.6) is 0 Å². The first-order chi connectivity index (χ1) is 6.02. The van der Waals surface area contributed by atoms with Gasteiger partial charge in [0.15, 0.2) is 0 Å². The van der Waals surface area contributed by atoms with Gasteiger partial charge in [0.1, 0.15) is 0 Å². The third kappa shape index (κ3) is 2.42. The molecule has 0 radical (unpaired) electrons. The number of nitrogens with one attached hydrogen (secondary N) is 1. The maximum Gasteiger partial charge on any atom is 0.223 e. The Morgan fingerprint density at radius 2 is 2.00 bits per heavy atom. The van der Waals surface area contributed by atoms with Crippen molar-refractivity contribution in [1.29, 1.82) is 0 Å². The Morgan fingerprint density at radius 1 is 1.54 bits per heavy atom. The second-order valence-electron chi connectivity index (χ2n) is 4.19. The number of aliphatic hydroxyl groups is 2. The summed E-state index contributed by atoms with van der Waals surface area (Å²) in [5.41, 5.74) is -0.876. The molecular weight excluding hydrogens is 170 g/mol. The highest BCUT2D eigenvalue weighted by atomic mass is 16.3. The first-order valence-corrected chi connectivity index (χ1v) is 4.56. The molecule has 3 N–H and O–H groups in total. The Balaban J connectivity index is 2.42. The lowest BCUT2D eigenvalue weighted by Gasteiger charge is -2.26. The van der Waals surface area contributed by atoms with Crippen LogP contribution in [0.15, 0.2) is 0 Å². The van der Waals surface area contributed by atoms with E-state index in [-0.39, 0.29) is 25.0 Å². The maximum absolute atomic E-state index is 11.4. The number of amides is 1. The van der Waals surface area contributed by atoms with Crippen LogP contribution in [-0.2, 0) is 4.79 Å². The predicted octanol–water partition coefficient (Wildman–Crippen LogP) is -0.498. The smallest absolute Gasteiger partial charge is 0.223 e. The van der Waals surface area contributed by atoms with Gasteiger partial charge in [-0.15, -0.1) is 0 Å². The fourth-order valence-corrected chi connectivity index (χ4v) is 1.21. The van der Waals surface area contributed by atoms with Gasteiger partial charge in [0.25, 0.3) is 0 Å². The minimum atomic E-state index is -0.876. The van der Waals surface area contributed by atoms with Crippen molar-refractivity contribution < 1.29 is 15.0 Å². The molecule has 4 heteroatoms. The zero-order chi connectivity index (χ0) is 10.1. The quantitative estimate of drug-likeness (QED) is 0.556. The standard InChI is InChI=1S/C9H17NO3/c1-6-3-7(6)8(13)10-9(2,4-11)5-12/h6-7,11-12H,3-5H2,1-2H3,(H,10,13). The lowest BCUT2D eigenvalue weighted by atomic mass is 10.1. The average Bonchev–Trinajstić information content (AvgIpc) is 2.82. The summed E-state index contributed by atoms with van der Waals surface area (Å²) in [5, 5.41) is 20.5. The molecule has 1 fully saturated rings. The van der Waals surface area contributed by atoms with Crippen molar-refractivity contribution in [2.45, 2.75) is 25.8 Å². The Kier molecular flexibility index (Phi) is 2.93. The van der Waals surface area contributed by atoms with E-state index in [0.29, 0.717) is 5.92 Å². The Morgan fingerprint density at radius 3 is 2.31 bits per heavy atom. The molecule has 0 saturated heterocycles. The molecule has 0 aliphatic heterocycles. The summed E-state index contributed by atoms with van der Waals surface area (Å²) in [5.74, 6) is 0.470. The molecule has 76 valence electrons. The van der Waals surface area contributed by atoms with E-state index in [1.807, 2.05) is 6.92 Å². The van der Waals surface area contributed by atoms with Crippen molar-refractivity contribution in [2.75, 3.05) is 13.2 Å². The highest BCUT2D eigenvalue weighted by molar-refractivity contribution is 5.82. The van der Waals surface area contributed by atoms with Crippen LogP contribution in [0.4, 0.5) is 0 Å². The lowest BCUT2D eigenvalue weighted by molar-refractivity contribution is -0.125. The van der Waals surface area contributed by atoms with Gasteiger partial charge in [0.2, 0.25) is 5.91 Å². The van der Waals surface area contributed by atoms with Gasteiger partial charge in [-0.05, 0) is 19.3 Å². The van der Waals surface area contributed by atoms with Gasteiger partial charge in [-0.25, -0.2) is 0 Å². The number of hydrogen-bond acceptors (Lipinski definition) is 3. The molecule has 4 nitrogen and oxygen atoms in total. The van der Waals surface area contributed by atoms with E-state index in [4.69, 9.17) is 10.2 Å². The van der Waals surface area contributed by atoms with Crippen molar-refractivity contribution in [2.24, 2.45) is 11.8 Å². The number of carbonyl (C=O) groups excluding carboxylic acids is 1. The van der Waals surface area contributed by atoms with Gasteiger partial charge < -0.3 is 15.5 Å². The maximum atomic E-state index is 11.4. The van der Waals surface area contributed by atoms with Gasteiger partial charge in [-0.3, -0.25) is 4.79 Å². The van der Waals surface area contributed by atoms with E-state index in [9.17, 15) is 4.79 Å². The molecule has 0 aromatic carbocycles. The SMILES string of the molecule is CC1CC1C(=O)NC(C)(CO)CO. The van der Waals surface area contributed by atoms with Crippen LogP contribution in [-0.4, -0.2) is 34.9 Å². The second-order valence-corrected chi connectivity index (χ2v) is 4.19. The van der Waals surface area contributed by atoms with Crippen LogP contribution >= 0.6 is 0 Å². The Hall–Kier alpha value is -0.610. The molecule has 1 aliphatic rings. The molecule has 2 unspecified atom stereocenters. The van der Waals surface area contributed by atoms with Crippen LogP contribution in [0.1, 0.15) is 20.3 Å². The molecule has 2 atom stereocenters. The molecule has 13 heavy (non-hydrogen) atoms. The van der Waals surface area contributed by atoms with Crippen molar-refractivity contribution in [3.8, 4) is 0 Å². The van der Waals surface area contributed by atoms with Gasteiger partial charge in [0.05, 0.1) is 18.8 Å². The Bertz CT molecular complexity index is 201. The van der Waals surface area contributed by atoms with Gasteiger partial charge in [0, 0.05) is 5.92 Å². The van der Waals surface area contributed by atoms with Crippen molar-refractivity contribution in [1.82, 2.24) is 5.32 Å². The fourth-order valence-electron chi connectivity index (χ4n) is 1.21. The lowest BCUT2D eigenvalue weighted by Crippen LogP contribution is -2.52. The van der Waals surface area contributed by atoms with Crippen LogP contribution in [0.3, 0.4) is 0 Å². The summed E-state index contributed by atoms with van der Waals surface area (Å²) in [7, 11) is 0. The van der Waals surface area contributed by atoms with E-state index in [0.717, 1.165) is 6.42 Å². The molecule has 1 aliphatic carbocycles. The highest BCUT2D eigenvalue weighted by Crippen LogP contribution is 2.37. The largest absolute Gasteiger partial charge is 0.394 e. The van der Waals surface area contributed by atoms with E-state index in [1.165, 1.54) is 0 Å². The third-order valence-corrected chi connectivity index (χ3v) is 2.57. The van der Waals surface area contributed by atoms with Crippen LogP contribution in [0, 0.1) is 11.8 Å². The zero-order valence-electron chi connectivity index (χ0n) is 8.08. The first-order valence-electron chi connectivity index (χ1n) is 4.56. The number of hydrogen-bond donors (Lipinski definition) is 3. The summed E-state index contributed by atoms with van der Waals surface area (Å²) in [6.45, 7) is 3.16. The van der Waals surface area contributed by atoms with Crippen LogP contribution in [0.25, 0.3) is 0 Å². The van der Waals surface area contributed by atoms with E-state index in [1.54, 1.807) is 6.92 Å². The Labute approximate surface area is 78.0 Å². The summed E-state index contributed by atoms with van der Waals surface area (Å²) < 4.78 is 0. The summed E-state index contributed by atoms with van der Waals surface area (Å²) in [6, 6.07) is 0. The molecule has 1 rings (SSSR count). The average molecular weight is 187 g/mol. The van der Waals surface area contributed by atoms with E-state index < -0.39 is 5.54 Å². The van der Waals surface area contributed by atoms with E-state index >= 15 is 0 Å². The van der Waals surface area contributed by atoms with Crippen LogP contribution in [0.2, 0.25) is 0 Å². The number of rotatable bonds is 4. The van der Waals surface area contributed by atoms with Crippen LogP contribution < -0.4 is 5.32 Å². The molecule has 0 heterocycles. The number of aliphatic hydroxyl groups excluding tert-OH is 2. The minimum absolute atomic E-state index is 0.0573. The fraction of sp³-hybridized carbons (Fsp3) is 0.889. The van der Waals surface area contributed by atoms with Crippen molar-refractivity contribution in [3.05, 3.63) is 0 Å². The van der Waals surface area contributed by atoms with Crippen molar-refractivity contribution in [3.63, 3.8) is 0 Å². The van der Waals surface area contributed by atoms with Gasteiger partial charge in [-0.1, -0.05) is 6.92 Å². The molecule has 0 aromatic rings. The minimum Gasteiger partial charge on any atom is -0.394 e. The molecule has 0 bridgehead atoms. The highest BCUT2D eigenvalue weighted by Gasteiger charge is 2.41. The first kappa shape index (κ1) is 10.5. The van der Waals surface area contributed by atoms with Crippen molar-refractivity contribution >= 4 is 5.91 Å². The second kappa shape index (κ2) is 3.64. The van der Waals surface area contributed by atoms with E-state index in [2.05, 4.69) is 5.32 Å². The monoisotopic (exact) mass is 187 g/mol. The summed E-state index contributed by atoms with van der Waals surface area (Å²) >= 11 is 0. The topological polar surface area (TPSA) is 69.6 Å². The zero-order valence-corrected chi connectivity index (χ0v) is 8.08. The number of carbonyl (C=O) groups is 1. The van der Waals surface area contributed by atoms with Gasteiger partial charge >= 0.3 is 0 Å². The molecule has 1 saturated carbocycles.